The highest BCUT2D eigenvalue weighted by Crippen LogP contribution is 2.06. The van der Waals surface area contributed by atoms with Crippen LogP contribution in [-0.2, 0) is 4.74 Å². The van der Waals surface area contributed by atoms with Crippen LogP contribution in [0.2, 0.25) is 0 Å². The third-order valence-electron chi connectivity index (χ3n) is 1.38. The van der Waals surface area contributed by atoms with E-state index in [-0.39, 0.29) is 6.10 Å². The van der Waals surface area contributed by atoms with E-state index in [0.717, 1.165) is 0 Å². The van der Waals surface area contributed by atoms with Gasteiger partial charge in [-0.3, -0.25) is 4.39 Å². The molecule has 4 heteroatoms. The number of hydrogen-bond donors (Lipinski definition) is 1. The Hall–Kier alpha value is -0.800. The second-order valence-electron chi connectivity index (χ2n) is 2.25. The highest BCUT2D eigenvalue weighted by molar-refractivity contribution is 5.57. The maximum Gasteiger partial charge on any atom is 0.506 e. The van der Waals surface area contributed by atoms with Gasteiger partial charge in [-0.1, -0.05) is 6.92 Å². The molecule has 0 saturated carbocycles. The molecule has 0 aromatic carbocycles. The first-order valence-corrected chi connectivity index (χ1v) is 3.66. The quantitative estimate of drug-likeness (QED) is 0.633. The summed E-state index contributed by atoms with van der Waals surface area (Å²) in [5.41, 5.74) is 0. The highest BCUT2D eigenvalue weighted by atomic mass is 19.1. The van der Waals surface area contributed by atoms with Gasteiger partial charge in [-0.2, -0.15) is 0 Å². The van der Waals surface area contributed by atoms with Gasteiger partial charge in [0.25, 0.3) is 0 Å². The van der Waals surface area contributed by atoms with Gasteiger partial charge in [-0.25, -0.2) is 4.79 Å². The Balaban J connectivity index is 3.49. The highest BCUT2D eigenvalue weighted by Gasteiger charge is 2.09. The zero-order valence-electron chi connectivity index (χ0n) is 6.55. The van der Waals surface area contributed by atoms with Crippen LogP contribution < -0.4 is 0 Å². The van der Waals surface area contributed by atoms with Crippen molar-refractivity contribution in [3.8, 4) is 0 Å². The van der Waals surface area contributed by atoms with Crippen molar-refractivity contribution in [2.75, 3.05) is 6.67 Å². The molecule has 0 spiro atoms. The Morgan fingerprint density at radius 2 is 2.36 bits per heavy atom. The van der Waals surface area contributed by atoms with E-state index in [0.29, 0.717) is 19.3 Å². The molecule has 11 heavy (non-hydrogen) atoms. The molecular weight excluding hydrogens is 151 g/mol. The first-order chi connectivity index (χ1) is 5.20. The molecule has 0 aromatic heterocycles. The van der Waals surface area contributed by atoms with Crippen LogP contribution in [0.15, 0.2) is 0 Å². The topological polar surface area (TPSA) is 46.5 Å². The van der Waals surface area contributed by atoms with Crippen molar-refractivity contribution < 1.29 is 19.0 Å². The summed E-state index contributed by atoms with van der Waals surface area (Å²) in [5, 5.41) is 8.20. The summed E-state index contributed by atoms with van der Waals surface area (Å²) in [4.78, 5) is 10.0. The van der Waals surface area contributed by atoms with Crippen LogP contribution in [0.4, 0.5) is 9.18 Å². The Morgan fingerprint density at radius 1 is 1.73 bits per heavy atom. The van der Waals surface area contributed by atoms with E-state index in [4.69, 9.17) is 5.11 Å². The van der Waals surface area contributed by atoms with Gasteiger partial charge in [0, 0.05) is 0 Å². The monoisotopic (exact) mass is 164 g/mol. The summed E-state index contributed by atoms with van der Waals surface area (Å²) in [6.07, 6.45) is -0.184. The van der Waals surface area contributed by atoms with Crippen LogP contribution in [0.1, 0.15) is 26.2 Å². The molecule has 0 bridgehead atoms. The average molecular weight is 164 g/mol. The van der Waals surface area contributed by atoms with Crippen molar-refractivity contribution in [3.63, 3.8) is 0 Å². The molecule has 0 aliphatic heterocycles. The number of halogens is 1. The van der Waals surface area contributed by atoms with Crippen molar-refractivity contribution in [2.24, 2.45) is 0 Å². The zero-order chi connectivity index (χ0) is 8.69. The smallest absolute Gasteiger partial charge is 0.450 e. The number of carbonyl (C=O) groups is 1. The van der Waals surface area contributed by atoms with E-state index in [9.17, 15) is 9.18 Å². The minimum atomic E-state index is -1.28. The summed E-state index contributed by atoms with van der Waals surface area (Å²) in [6, 6.07) is 0. The summed E-state index contributed by atoms with van der Waals surface area (Å²) in [6.45, 7) is 1.39. The standard InChI is InChI=1S/C7H13FO3/c1-2-6(4-3-5-8)11-7(9)10/h6H,2-5H2,1H3,(H,9,10). The molecule has 0 radical (unpaired) electrons. The first-order valence-electron chi connectivity index (χ1n) is 3.66. The third kappa shape index (κ3) is 5.63. The maximum absolute atomic E-state index is 11.6. The average Bonchev–Trinajstić information content (AvgIpc) is 1.97. The van der Waals surface area contributed by atoms with Crippen molar-refractivity contribution >= 4 is 6.16 Å². The summed E-state index contributed by atoms with van der Waals surface area (Å²) >= 11 is 0. The summed E-state index contributed by atoms with van der Waals surface area (Å²) in [5.74, 6) is 0. The lowest BCUT2D eigenvalue weighted by Gasteiger charge is -2.11. The fourth-order valence-electron chi connectivity index (χ4n) is 0.794. The lowest BCUT2D eigenvalue weighted by molar-refractivity contribution is 0.0449. The predicted molar refractivity (Wildman–Crippen MR) is 38.4 cm³/mol. The second kappa shape index (κ2) is 5.95. The number of rotatable bonds is 5. The summed E-state index contributed by atoms with van der Waals surface area (Å²) < 4.78 is 16.1. The number of carboxylic acid groups (broad SMARTS) is 1. The van der Waals surface area contributed by atoms with Gasteiger partial charge in [0.1, 0.15) is 6.10 Å². The Bertz CT molecular complexity index is 116. The van der Waals surface area contributed by atoms with Crippen molar-refractivity contribution in [1.29, 1.82) is 0 Å². The zero-order valence-corrected chi connectivity index (χ0v) is 6.55. The number of ether oxygens (including phenoxy) is 1. The molecule has 1 N–H and O–H groups in total. The van der Waals surface area contributed by atoms with Crippen LogP contribution in [0.3, 0.4) is 0 Å². The van der Waals surface area contributed by atoms with Gasteiger partial charge in [0.05, 0.1) is 6.67 Å². The molecule has 0 rings (SSSR count). The molecule has 0 fully saturated rings. The lowest BCUT2D eigenvalue weighted by Crippen LogP contribution is -2.15. The van der Waals surface area contributed by atoms with Crippen molar-refractivity contribution in [3.05, 3.63) is 0 Å². The number of hydrogen-bond acceptors (Lipinski definition) is 2. The predicted octanol–water partition coefficient (Wildman–Crippen LogP) is 2.21. The van der Waals surface area contributed by atoms with Gasteiger partial charge in [-0.15, -0.1) is 0 Å². The van der Waals surface area contributed by atoms with E-state index < -0.39 is 12.8 Å². The van der Waals surface area contributed by atoms with Crippen LogP contribution in [0.25, 0.3) is 0 Å². The first kappa shape index (κ1) is 10.2. The van der Waals surface area contributed by atoms with Gasteiger partial charge in [0.2, 0.25) is 0 Å². The summed E-state index contributed by atoms with van der Waals surface area (Å²) in [7, 11) is 0. The molecule has 0 aliphatic carbocycles. The number of alkyl halides is 1. The van der Waals surface area contributed by atoms with Gasteiger partial charge in [0.15, 0.2) is 0 Å². The maximum atomic E-state index is 11.6. The molecule has 0 aliphatic rings. The fraction of sp³-hybridized carbons (Fsp3) is 0.857. The molecule has 66 valence electrons. The molecule has 0 amide bonds. The second-order valence-corrected chi connectivity index (χ2v) is 2.25. The van der Waals surface area contributed by atoms with Crippen LogP contribution >= 0.6 is 0 Å². The van der Waals surface area contributed by atoms with Crippen LogP contribution in [-0.4, -0.2) is 24.0 Å². The van der Waals surface area contributed by atoms with E-state index in [1.54, 1.807) is 0 Å². The SMILES string of the molecule is CCC(CCCF)OC(=O)O. The van der Waals surface area contributed by atoms with Gasteiger partial charge < -0.3 is 9.84 Å². The Kier molecular flexibility index (Phi) is 5.51. The van der Waals surface area contributed by atoms with Crippen molar-refractivity contribution in [1.82, 2.24) is 0 Å². The van der Waals surface area contributed by atoms with E-state index in [2.05, 4.69) is 4.74 Å². The Morgan fingerprint density at radius 3 is 2.73 bits per heavy atom. The largest absolute Gasteiger partial charge is 0.506 e. The van der Waals surface area contributed by atoms with E-state index in [1.165, 1.54) is 0 Å². The Labute approximate surface area is 65.2 Å². The molecular formula is C7H13FO3. The van der Waals surface area contributed by atoms with Crippen LogP contribution in [0.5, 0.6) is 0 Å². The fourth-order valence-corrected chi connectivity index (χ4v) is 0.794. The molecule has 0 saturated heterocycles. The molecule has 1 atom stereocenters. The molecule has 0 heterocycles. The van der Waals surface area contributed by atoms with Crippen LogP contribution in [0, 0.1) is 0 Å². The van der Waals surface area contributed by atoms with Crippen molar-refractivity contribution in [2.45, 2.75) is 32.3 Å². The van der Waals surface area contributed by atoms with E-state index >= 15 is 0 Å². The van der Waals surface area contributed by atoms with E-state index in [1.807, 2.05) is 6.92 Å². The third-order valence-corrected chi connectivity index (χ3v) is 1.38. The molecule has 1 unspecified atom stereocenters. The van der Waals surface area contributed by atoms with Gasteiger partial charge in [-0.05, 0) is 19.3 Å². The normalized spacial score (nSPS) is 12.5. The minimum absolute atomic E-state index is 0.344. The molecule has 0 aromatic rings. The lowest BCUT2D eigenvalue weighted by atomic mass is 10.1. The van der Waals surface area contributed by atoms with Gasteiger partial charge >= 0.3 is 6.16 Å². The molecule has 3 nitrogen and oxygen atoms in total. The minimum Gasteiger partial charge on any atom is -0.450 e.